The quantitative estimate of drug-likeness (QED) is 0.749. The molecule has 1 aliphatic rings. The van der Waals surface area contributed by atoms with Crippen molar-refractivity contribution in [1.29, 1.82) is 0 Å². The Balaban J connectivity index is 1.56. The monoisotopic (exact) mass is 338 g/mol. The number of rotatable bonds is 5. The zero-order valence-electron chi connectivity index (χ0n) is 14.9. The maximum absolute atomic E-state index is 11.7. The molecule has 2 aromatic rings. The lowest BCUT2D eigenvalue weighted by Gasteiger charge is -2.18. The van der Waals surface area contributed by atoms with Gasteiger partial charge in [-0.2, -0.15) is 0 Å². The summed E-state index contributed by atoms with van der Waals surface area (Å²) in [5.74, 6) is 0. The summed E-state index contributed by atoms with van der Waals surface area (Å²) in [7, 11) is 0. The van der Waals surface area contributed by atoms with Crippen LogP contribution in [0.25, 0.3) is 0 Å². The molecular formula is C20H26N4O. The highest BCUT2D eigenvalue weighted by Crippen LogP contribution is 2.24. The summed E-state index contributed by atoms with van der Waals surface area (Å²) in [5, 5.41) is 9.01. The number of urea groups is 1. The minimum Gasteiger partial charge on any atom is -0.372 e. The molecule has 1 saturated heterocycles. The SMILES string of the molecule is CC(C)NC(=O)Nc1ccc(Nc2ccc(N3CCCC3)cc2)cc1. The summed E-state index contributed by atoms with van der Waals surface area (Å²) >= 11 is 0. The lowest BCUT2D eigenvalue weighted by atomic mass is 10.2. The maximum Gasteiger partial charge on any atom is 0.319 e. The van der Waals surface area contributed by atoms with Crippen molar-refractivity contribution in [2.75, 3.05) is 28.6 Å². The molecule has 0 bridgehead atoms. The first-order valence-corrected chi connectivity index (χ1v) is 8.90. The molecule has 3 N–H and O–H groups in total. The molecule has 1 fully saturated rings. The van der Waals surface area contributed by atoms with E-state index < -0.39 is 0 Å². The highest BCUT2D eigenvalue weighted by Gasteiger charge is 2.11. The van der Waals surface area contributed by atoms with E-state index in [9.17, 15) is 4.79 Å². The van der Waals surface area contributed by atoms with Gasteiger partial charge in [-0.3, -0.25) is 0 Å². The molecule has 5 heteroatoms. The molecule has 0 saturated carbocycles. The number of anilines is 4. The number of carbonyl (C=O) groups is 1. The highest BCUT2D eigenvalue weighted by molar-refractivity contribution is 5.89. The molecule has 5 nitrogen and oxygen atoms in total. The van der Waals surface area contributed by atoms with Crippen molar-refractivity contribution < 1.29 is 4.79 Å². The van der Waals surface area contributed by atoms with Crippen molar-refractivity contribution >= 4 is 28.8 Å². The van der Waals surface area contributed by atoms with Gasteiger partial charge in [0, 0.05) is 41.9 Å². The van der Waals surface area contributed by atoms with Crippen molar-refractivity contribution in [2.45, 2.75) is 32.7 Å². The van der Waals surface area contributed by atoms with Crippen LogP contribution in [0, 0.1) is 0 Å². The number of nitrogens with one attached hydrogen (secondary N) is 3. The van der Waals surface area contributed by atoms with Gasteiger partial charge < -0.3 is 20.9 Å². The molecule has 132 valence electrons. The van der Waals surface area contributed by atoms with Gasteiger partial charge in [0.1, 0.15) is 0 Å². The molecule has 2 aromatic carbocycles. The third kappa shape index (κ3) is 4.89. The van der Waals surface area contributed by atoms with Crippen LogP contribution < -0.4 is 20.9 Å². The first-order chi connectivity index (χ1) is 12.1. The minimum absolute atomic E-state index is 0.115. The van der Waals surface area contributed by atoms with Crippen LogP contribution in [0.5, 0.6) is 0 Å². The second-order valence-electron chi connectivity index (χ2n) is 6.70. The lowest BCUT2D eigenvalue weighted by Crippen LogP contribution is -2.34. The van der Waals surface area contributed by atoms with E-state index >= 15 is 0 Å². The Hall–Kier alpha value is -2.69. The first-order valence-electron chi connectivity index (χ1n) is 8.90. The van der Waals surface area contributed by atoms with Crippen LogP contribution in [-0.2, 0) is 0 Å². The fourth-order valence-corrected chi connectivity index (χ4v) is 2.96. The second-order valence-corrected chi connectivity index (χ2v) is 6.70. The van der Waals surface area contributed by atoms with Gasteiger partial charge in [-0.15, -0.1) is 0 Å². The van der Waals surface area contributed by atoms with Crippen molar-refractivity contribution in [2.24, 2.45) is 0 Å². The molecule has 0 atom stereocenters. The molecule has 1 aliphatic heterocycles. The van der Waals surface area contributed by atoms with Crippen LogP contribution in [-0.4, -0.2) is 25.2 Å². The Kier molecular flexibility index (Phi) is 5.43. The topological polar surface area (TPSA) is 56.4 Å². The molecule has 0 aromatic heterocycles. The molecule has 1 heterocycles. The number of amides is 2. The van der Waals surface area contributed by atoms with Gasteiger partial charge in [0.15, 0.2) is 0 Å². The third-order valence-electron chi connectivity index (χ3n) is 4.19. The van der Waals surface area contributed by atoms with E-state index in [4.69, 9.17) is 0 Å². The predicted molar refractivity (Wildman–Crippen MR) is 105 cm³/mol. The van der Waals surface area contributed by atoms with Crippen LogP contribution in [0.2, 0.25) is 0 Å². The predicted octanol–water partition coefficient (Wildman–Crippen LogP) is 4.56. The summed E-state index contributed by atoms with van der Waals surface area (Å²) < 4.78 is 0. The number of carbonyl (C=O) groups excluding carboxylic acids is 1. The summed E-state index contributed by atoms with van der Waals surface area (Å²) in [6.07, 6.45) is 2.57. The standard InChI is InChI=1S/C20H26N4O/c1-15(2)21-20(25)23-18-7-5-16(6-8-18)22-17-9-11-19(12-10-17)24-13-3-4-14-24/h5-12,15,22H,3-4,13-14H2,1-2H3,(H2,21,23,25). The Bertz CT molecular complexity index is 689. The largest absolute Gasteiger partial charge is 0.372 e. The minimum atomic E-state index is -0.187. The first kappa shape index (κ1) is 17.1. The van der Waals surface area contributed by atoms with Gasteiger partial charge in [0.25, 0.3) is 0 Å². The Labute approximate surface area is 149 Å². The van der Waals surface area contributed by atoms with E-state index in [0.717, 1.165) is 30.2 Å². The zero-order chi connectivity index (χ0) is 17.6. The van der Waals surface area contributed by atoms with Gasteiger partial charge in [-0.05, 0) is 75.2 Å². The summed E-state index contributed by atoms with van der Waals surface area (Å²) in [4.78, 5) is 14.1. The zero-order valence-corrected chi connectivity index (χ0v) is 14.9. The van der Waals surface area contributed by atoms with Gasteiger partial charge in [-0.1, -0.05) is 0 Å². The maximum atomic E-state index is 11.7. The smallest absolute Gasteiger partial charge is 0.319 e. The number of hydrogen-bond donors (Lipinski definition) is 3. The Morgan fingerprint density at radius 1 is 0.880 bits per heavy atom. The molecule has 0 aliphatic carbocycles. The fourth-order valence-electron chi connectivity index (χ4n) is 2.96. The number of benzene rings is 2. The van der Waals surface area contributed by atoms with Crippen LogP contribution in [0.1, 0.15) is 26.7 Å². The molecule has 0 spiro atoms. The molecule has 2 amide bonds. The van der Waals surface area contributed by atoms with Crippen LogP contribution in [0.3, 0.4) is 0 Å². The lowest BCUT2D eigenvalue weighted by molar-refractivity contribution is 0.250. The molecule has 0 unspecified atom stereocenters. The van der Waals surface area contributed by atoms with E-state index in [-0.39, 0.29) is 12.1 Å². The molecule has 25 heavy (non-hydrogen) atoms. The van der Waals surface area contributed by atoms with Crippen molar-refractivity contribution in [1.82, 2.24) is 5.32 Å². The van der Waals surface area contributed by atoms with E-state index in [1.807, 2.05) is 38.1 Å². The van der Waals surface area contributed by atoms with Gasteiger partial charge >= 0.3 is 6.03 Å². The number of hydrogen-bond acceptors (Lipinski definition) is 3. The van der Waals surface area contributed by atoms with Gasteiger partial charge in [0.2, 0.25) is 0 Å². The average Bonchev–Trinajstić information content (AvgIpc) is 3.11. The average molecular weight is 338 g/mol. The van der Waals surface area contributed by atoms with Gasteiger partial charge in [-0.25, -0.2) is 4.79 Å². The highest BCUT2D eigenvalue weighted by atomic mass is 16.2. The van der Waals surface area contributed by atoms with Crippen LogP contribution >= 0.6 is 0 Å². The van der Waals surface area contributed by atoms with E-state index in [1.165, 1.54) is 18.5 Å². The second kappa shape index (κ2) is 7.92. The van der Waals surface area contributed by atoms with Gasteiger partial charge in [0.05, 0.1) is 0 Å². The van der Waals surface area contributed by atoms with Crippen molar-refractivity contribution in [3.8, 4) is 0 Å². The number of nitrogens with zero attached hydrogens (tertiary/aromatic N) is 1. The summed E-state index contributed by atoms with van der Waals surface area (Å²) in [5.41, 5.74) is 4.11. The normalized spacial score (nSPS) is 13.8. The molecular weight excluding hydrogens is 312 g/mol. The van der Waals surface area contributed by atoms with E-state index in [0.29, 0.717) is 0 Å². The molecule has 3 rings (SSSR count). The molecule has 0 radical (unpaired) electrons. The Morgan fingerprint density at radius 3 is 1.96 bits per heavy atom. The van der Waals surface area contributed by atoms with E-state index in [2.05, 4.69) is 45.1 Å². The third-order valence-corrected chi connectivity index (χ3v) is 4.19. The van der Waals surface area contributed by atoms with Crippen LogP contribution in [0.15, 0.2) is 48.5 Å². The van der Waals surface area contributed by atoms with E-state index in [1.54, 1.807) is 0 Å². The fraction of sp³-hybridized carbons (Fsp3) is 0.350. The van der Waals surface area contributed by atoms with Crippen LogP contribution in [0.4, 0.5) is 27.5 Å². The Morgan fingerprint density at radius 2 is 1.40 bits per heavy atom. The summed E-state index contributed by atoms with van der Waals surface area (Å²) in [6, 6.07) is 16.2. The van der Waals surface area contributed by atoms with Crippen molar-refractivity contribution in [3.05, 3.63) is 48.5 Å². The summed E-state index contributed by atoms with van der Waals surface area (Å²) in [6.45, 7) is 6.18. The van der Waals surface area contributed by atoms with Crippen molar-refractivity contribution in [3.63, 3.8) is 0 Å².